The molecule has 0 saturated heterocycles. The van der Waals surface area contributed by atoms with Crippen LogP contribution in [0.3, 0.4) is 0 Å². The van der Waals surface area contributed by atoms with Gasteiger partial charge >= 0.3 is 11.7 Å². The van der Waals surface area contributed by atoms with Gasteiger partial charge in [-0.1, -0.05) is 12.1 Å². The second-order valence-corrected chi connectivity index (χ2v) is 7.80. The van der Waals surface area contributed by atoms with E-state index in [1.165, 1.54) is 13.0 Å². The Morgan fingerprint density at radius 2 is 1.79 bits per heavy atom. The number of imidazole rings is 1. The predicted molar refractivity (Wildman–Crippen MR) is 126 cm³/mol. The number of H-pyrrole nitrogens is 2. The van der Waals surface area contributed by atoms with E-state index >= 15 is 0 Å². The molecule has 3 rings (SSSR count). The topological polar surface area (TPSA) is 142 Å². The van der Waals surface area contributed by atoms with Crippen molar-refractivity contribution in [2.24, 2.45) is 0 Å². The van der Waals surface area contributed by atoms with Gasteiger partial charge in [0.1, 0.15) is 11.8 Å². The molecule has 2 amide bonds. The number of carbonyl (C=O) groups is 3. The zero-order valence-corrected chi connectivity index (χ0v) is 19.3. The molecule has 172 valence electrons. The standard InChI is InChI=1S/C22H21BrN4O6/c1-12(24-19(28)8-5-13-3-6-14(32-2)7-4-13)21(30)33-11-20(29)25-16-10-18-17(9-15(16)23)26-22(31)27-18/h3-10,12H,11H2,1-2H3,(H,24,28)(H,25,29)(H2,26,27,31). The first-order chi connectivity index (χ1) is 15.7. The number of anilines is 1. The molecule has 1 atom stereocenters. The second-order valence-electron chi connectivity index (χ2n) is 6.95. The lowest BCUT2D eigenvalue weighted by molar-refractivity contribution is -0.149. The molecule has 0 saturated carbocycles. The van der Waals surface area contributed by atoms with Gasteiger partial charge in [-0.25, -0.2) is 9.59 Å². The van der Waals surface area contributed by atoms with Crippen LogP contribution in [0, 0.1) is 0 Å². The number of fused-ring (bicyclic) bond motifs is 1. The van der Waals surface area contributed by atoms with Crippen LogP contribution in [-0.4, -0.2) is 47.5 Å². The van der Waals surface area contributed by atoms with E-state index in [1.807, 2.05) is 0 Å². The van der Waals surface area contributed by atoms with Crippen molar-refractivity contribution in [2.75, 3.05) is 19.0 Å². The fraction of sp³-hybridized carbons (Fsp3) is 0.182. The van der Waals surface area contributed by atoms with Gasteiger partial charge in [-0.2, -0.15) is 0 Å². The van der Waals surface area contributed by atoms with Crippen LogP contribution in [0.25, 0.3) is 17.1 Å². The number of rotatable bonds is 8. The summed E-state index contributed by atoms with van der Waals surface area (Å²) in [5.41, 5.74) is 1.88. The first kappa shape index (κ1) is 23.8. The number of aromatic amines is 2. The quantitative estimate of drug-likeness (QED) is 0.267. The first-order valence-electron chi connectivity index (χ1n) is 9.76. The molecule has 0 aliphatic heterocycles. The normalized spacial score (nSPS) is 11.8. The summed E-state index contributed by atoms with van der Waals surface area (Å²) < 4.78 is 10.6. The number of carbonyl (C=O) groups excluding carboxylic acids is 3. The van der Waals surface area contributed by atoms with E-state index in [4.69, 9.17) is 9.47 Å². The van der Waals surface area contributed by atoms with Gasteiger partial charge in [0.2, 0.25) is 5.91 Å². The number of benzene rings is 2. The average molecular weight is 517 g/mol. The Labute approximate surface area is 196 Å². The Kier molecular flexibility index (Phi) is 7.67. The van der Waals surface area contributed by atoms with Crippen molar-refractivity contribution >= 4 is 56.5 Å². The van der Waals surface area contributed by atoms with Crippen LogP contribution in [-0.2, 0) is 19.1 Å². The van der Waals surface area contributed by atoms with Crippen molar-refractivity contribution < 1.29 is 23.9 Å². The highest BCUT2D eigenvalue weighted by Gasteiger charge is 2.18. The molecule has 4 N–H and O–H groups in total. The maximum absolute atomic E-state index is 12.2. The van der Waals surface area contributed by atoms with Crippen molar-refractivity contribution in [1.82, 2.24) is 15.3 Å². The van der Waals surface area contributed by atoms with Crippen LogP contribution in [0.2, 0.25) is 0 Å². The van der Waals surface area contributed by atoms with Crippen molar-refractivity contribution in [3.63, 3.8) is 0 Å². The largest absolute Gasteiger partial charge is 0.497 e. The number of amides is 2. The highest BCUT2D eigenvalue weighted by molar-refractivity contribution is 9.10. The minimum absolute atomic E-state index is 0.371. The van der Waals surface area contributed by atoms with Gasteiger partial charge in [0.25, 0.3) is 5.91 Å². The van der Waals surface area contributed by atoms with E-state index in [0.717, 1.165) is 5.56 Å². The Morgan fingerprint density at radius 3 is 2.45 bits per heavy atom. The van der Waals surface area contributed by atoms with E-state index in [9.17, 15) is 19.2 Å². The Morgan fingerprint density at radius 1 is 1.12 bits per heavy atom. The summed E-state index contributed by atoms with van der Waals surface area (Å²) in [6, 6.07) is 9.32. The predicted octanol–water partition coefficient (Wildman–Crippen LogP) is 2.33. The van der Waals surface area contributed by atoms with Gasteiger partial charge in [-0.3, -0.25) is 9.59 Å². The summed E-state index contributed by atoms with van der Waals surface area (Å²) in [7, 11) is 1.56. The number of hydrogen-bond acceptors (Lipinski definition) is 6. The number of methoxy groups -OCH3 is 1. The highest BCUT2D eigenvalue weighted by Crippen LogP contribution is 2.26. The number of hydrogen-bond donors (Lipinski definition) is 4. The van der Waals surface area contributed by atoms with Crippen molar-refractivity contribution in [2.45, 2.75) is 13.0 Å². The van der Waals surface area contributed by atoms with Crippen molar-refractivity contribution in [3.8, 4) is 5.75 Å². The molecule has 10 nitrogen and oxygen atoms in total. The molecular formula is C22H21BrN4O6. The minimum Gasteiger partial charge on any atom is -0.497 e. The van der Waals surface area contributed by atoms with Gasteiger partial charge in [0.05, 0.1) is 23.8 Å². The average Bonchev–Trinajstić information content (AvgIpc) is 3.15. The number of halogens is 1. The van der Waals surface area contributed by atoms with Crippen molar-refractivity contribution in [3.05, 3.63) is 63.0 Å². The molecule has 3 aromatic rings. The summed E-state index contributed by atoms with van der Waals surface area (Å²) in [6.45, 7) is 0.904. The summed E-state index contributed by atoms with van der Waals surface area (Å²) >= 11 is 3.31. The summed E-state index contributed by atoms with van der Waals surface area (Å²) in [5, 5.41) is 5.06. The summed E-state index contributed by atoms with van der Waals surface area (Å²) in [4.78, 5) is 52.9. The zero-order chi connectivity index (χ0) is 24.0. The molecule has 0 radical (unpaired) electrons. The van der Waals surface area contributed by atoms with Gasteiger partial charge in [-0.05, 0) is 58.8 Å². The Balaban J connectivity index is 1.47. The number of nitrogens with one attached hydrogen (secondary N) is 4. The van der Waals surface area contributed by atoms with Crippen LogP contribution < -0.4 is 21.1 Å². The van der Waals surface area contributed by atoms with Crippen LogP contribution in [0.1, 0.15) is 12.5 Å². The van der Waals surface area contributed by atoms with E-state index in [-0.39, 0.29) is 5.69 Å². The molecule has 0 aliphatic rings. The Bertz CT molecular complexity index is 1260. The van der Waals surface area contributed by atoms with Crippen LogP contribution in [0.5, 0.6) is 5.75 Å². The molecule has 2 aromatic carbocycles. The molecule has 1 aromatic heterocycles. The highest BCUT2D eigenvalue weighted by atomic mass is 79.9. The molecule has 0 aliphatic carbocycles. The van der Waals surface area contributed by atoms with Gasteiger partial charge in [0.15, 0.2) is 6.61 Å². The third-order valence-electron chi connectivity index (χ3n) is 4.48. The van der Waals surface area contributed by atoms with E-state index < -0.39 is 30.4 Å². The smallest absolute Gasteiger partial charge is 0.328 e. The maximum Gasteiger partial charge on any atom is 0.328 e. The van der Waals surface area contributed by atoms with E-state index in [0.29, 0.717) is 26.9 Å². The lowest BCUT2D eigenvalue weighted by atomic mass is 10.2. The minimum atomic E-state index is -0.959. The lowest BCUT2D eigenvalue weighted by Crippen LogP contribution is -2.39. The number of esters is 1. The van der Waals surface area contributed by atoms with Gasteiger partial charge in [0, 0.05) is 10.5 Å². The summed E-state index contributed by atoms with van der Waals surface area (Å²) in [6.07, 6.45) is 2.88. The molecule has 1 unspecified atom stereocenters. The molecule has 0 fully saturated rings. The summed E-state index contributed by atoms with van der Waals surface area (Å²) in [5.74, 6) is -1.14. The van der Waals surface area contributed by atoms with E-state index in [1.54, 1.807) is 49.6 Å². The molecule has 0 spiro atoms. The Hall–Kier alpha value is -3.86. The third-order valence-corrected chi connectivity index (χ3v) is 5.13. The van der Waals surface area contributed by atoms with Gasteiger partial charge < -0.3 is 30.1 Å². The zero-order valence-electron chi connectivity index (χ0n) is 17.7. The van der Waals surface area contributed by atoms with Crippen LogP contribution in [0.4, 0.5) is 5.69 Å². The van der Waals surface area contributed by atoms with Crippen LogP contribution in [0.15, 0.2) is 51.7 Å². The fourth-order valence-electron chi connectivity index (χ4n) is 2.81. The SMILES string of the molecule is COc1ccc(C=CC(=O)NC(C)C(=O)OCC(=O)Nc2cc3[nH]c(=O)[nH]c3cc2Br)cc1. The lowest BCUT2D eigenvalue weighted by Gasteiger charge is -2.12. The first-order valence-corrected chi connectivity index (χ1v) is 10.5. The molecule has 33 heavy (non-hydrogen) atoms. The van der Waals surface area contributed by atoms with Crippen molar-refractivity contribution in [1.29, 1.82) is 0 Å². The number of ether oxygens (including phenoxy) is 2. The van der Waals surface area contributed by atoms with E-state index in [2.05, 4.69) is 36.5 Å². The fourth-order valence-corrected chi connectivity index (χ4v) is 3.25. The molecular weight excluding hydrogens is 496 g/mol. The van der Waals surface area contributed by atoms with Gasteiger partial charge in [-0.15, -0.1) is 0 Å². The maximum atomic E-state index is 12.2. The third kappa shape index (κ3) is 6.56. The molecule has 0 bridgehead atoms. The molecule has 1 heterocycles. The monoisotopic (exact) mass is 516 g/mol. The van der Waals surface area contributed by atoms with Crippen LogP contribution >= 0.6 is 15.9 Å². The number of aromatic nitrogens is 2. The second kappa shape index (κ2) is 10.6. The molecule has 11 heteroatoms.